The number of sulfonamides is 1. The van der Waals surface area contributed by atoms with Crippen LogP contribution in [0.1, 0.15) is 11.1 Å². The zero-order chi connectivity index (χ0) is 15.3. The summed E-state index contributed by atoms with van der Waals surface area (Å²) in [5, 5.41) is 9.48. The summed E-state index contributed by atoms with van der Waals surface area (Å²) >= 11 is 5.86. The molecule has 0 spiro atoms. The first-order valence-corrected chi connectivity index (χ1v) is 8.32. The van der Waals surface area contributed by atoms with Crippen molar-refractivity contribution in [3.05, 3.63) is 64.7 Å². The first-order chi connectivity index (χ1) is 10.0. The molecule has 21 heavy (non-hydrogen) atoms. The van der Waals surface area contributed by atoms with E-state index in [9.17, 15) is 8.42 Å². The molecular weight excluding hydrogens is 310 g/mol. The number of benzene rings is 2. The van der Waals surface area contributed by atoms with Crippen LogP contribution in [0.15, 0.2) is 53.4 Å². The molecule has 0 unspecified atom stereocenters. The lowest BCUT2D eigenvalue weighted by atomic mass is 10.2. The van der Waals surface area contributed by atoms with Crippen LogP contribution in [0.4, 0.5) is 0 Å². The third-order valence-corrected chi connectivity index (χ3v) is 4.87. The molecule has 6 heteroatoms. The molecule has 0 amide bonds. The summed E-state index contributed by atoms with van der Waals surface area (Å²) in [6.45, 7) is 0.00956. The van der Waals surface area contributed by atoms with Crippen molar-refractivity contribution in [3.63, 3.8) is 0 Å². The summed E-state index contributed by atoms with van der Waals surface area (Å²) in [7, 11) is -3.60. The van der Waals surface area contributed by atoms with Crippen LogP contribution >= 0.6 is 11.6 Å². The molecule has 0 aliphatic carbocycles. The highest BCUT2D eigenvalue weighted by molar-refractivity contribution is 7.89. The Balaban J connectivity index is 2.05. The van der Waals surface area contributed by atoms with Crippen molar-refractivity contribution in [1.82, 2.24) is 4.72 Å². The van der Waals surface area contributed by atoms with Crippen molar-refractivity contribution >= 4 is 21.6 Å². The van der Waals surface area contributed by atoms with Gasteiger partial charge in [0.1, 0.15) is 0 Å². The summed E-state index contributed by atoms with van der Waals surface area (Å²) in [5.74, 6) is 0. The number of nitrogens with one attached hydrogen (secondary N) is 1. The highest BCUT2D eigenvalue weighted by Crippen LogP contribution is 2.20. The Morgan fingerprint density at radius 2 is 1.81 bits per heavy atom. The molecule has 0 bridgehead atoms. The van der Waals surface area contributed by atoms with Gasteiger partial charge in [0.05, 0.1) is 11.5 Å². The van der Waals surface area contributed by atoms with Crippen LogP contribution in [0.3, 0.4) is 0 Å². The van der Waals surface area contributed by atoms with Crippen LogP contribution in [0.2, 0.25) is 5.02 Å². The van der Waals surface area contributed by atoms with Crippen LogP contribution in [0.5, 0.6) is 0 Å². The molecule has 0 heterocycles. The Labute approximate surface area is 129 Å². The van der Waals surface area contributed by atoms with E-state index >= 15 is 0 Å². The minimum Gasteiger partial charge on any atom is -0.392 e. The maximum atomic E-state index is 12.2. The molecule has 0 aliphatic heterocycles. The van der Waals surface area contributed by atoms with E-state index in [-0.39, 0.29) is 11.5 Å². The molecule has 2 rings (SSSR count). The number of rotatable bonds is 6. The van der Waals surface area contributed by atoms with E-state index in [4.69, 9.17) is 16.7 Å². The second-order valence-corrected chi connectivity index (χ2v) is 6.72. The average Bonchev–Trinajstić information content (AvgIpc) is 2.48. The smallest absolute Gasteiger partial charge is 0.240 e. The molecule has 2 N–H and O–H groups in total. The molecule has 0 saturated carbocycles. The molecule has 0 aromatic heterocycles. The predicted molar refractivity (Wildman–Crippen MR) is 82.7 cm³/mol. The molecule has 0 aliphatic rings. The third-order valence-electron chi connectivity index (χ3n) is 3.05. The van der Waals surface area contributed by atoms with E-state index in [2.05, 4.69) is 4.72 Å². The van der Waals surface area contributed by atoms with E-state index in [0.717, 1.165) is 5.56 Å². The van der Waals surface area contributed by atoms with Crippen molar-refractivity contribution in [3.8, 4) is 0 Å². The monoisotopic (exact) mass is 325 g/mol. The SMILES string of the molecule is O=S(=O)(NCCc1ccccc1)c1ccc(Cl)c(CO)c1. The standard InChI is InChI=1S/C15H16ClNO3S/c16-15-7-6-14(10-13(15)11-18)21(19,20)17-9-8-12-4-2-1-3-5-12/h1-7,10,17-18H,8-9,11H2. The number of halogens is 1. The van der Waals surface area contributed by atoms with Gasteiger partial charge in [-0.1, -0.05) is 41.9 Å². The van der Waals surface area contributed by atoms with Crippen molar-refractivity contribution in [2.45, 2.75) is 17.9 Å². The molecule has 0 fully saturated rings. The molecule has 2 aromatic carbocycles. The van der Waals surface area contributed by atoms with E-state index in [1.807, 2.05) is 30.3 Å². The number of aliphatic hydroxyl groups excluding tert-OH is 1. The first-order valence-electron chi connectivity index (χ1n) is 6.46. The van der Waals surface area contributed by atoms with Gasteiger partial charge in [0.2, 0.25) is 10.0 Å². The molecule has 0 saturated heterocycles. The largest absolute Gasteiger partial charge is 0.392 e. The Hall–Kier alpha value is -1.40. The fraction of sp³-hybridized carbons (Fsp3) is 0.200. The summed E-state index contributed by atoms with van der Waals surface area (Å²) in [5.41, 5.74) is 1.45. The third kappa shape index (κ3) is 4.28. The van der Waals surface area contributed by atoms with Crippen LogP contribution in [-0.2, 0) is 23.1 Å². The first kappa shape index (κ1) is 16.0. The second-order valence-electron chi connectivity index (χ2n) is 4.54. The normalized spacial score (nSPS) is 11.5. The van der Waals surface area contributed by atoms with Crippen LogP contribution in [-0.4, -0.2) is 20.1 Å². The lowest BCUT2D eigenvalue weighted by molar-refractivity contribution is 0.281. The minimum absolute atomic E-state index is 0.101. The fourth-order valence-corrected chi connectivity index (χ4v) is 3.16. The zero-order valence-corrected chi connectivity index (χ0v) is 12.9. The van der Waals surface area contributed by atoms with Crippen LogP contribution in [0, 0.1) is 0 Å². The van der Waals surface area contributed by atoms with Gasteiger partial charge < -0.3 is 5.11 Å². The van der Waals surface area contributed by atoms with Crippen molar-refractivity contribution < 1.29 is 13.5 Å². The fourth-order valence-electron chi connectivity index (χ4n) is 1.90. The van der Waals surface area contributed by atoms with Gasteiger partial charge in [0.25, 0.3) is 0 Å². The maximum Gasteiger partial charge on any atom is 0.240 e. The van der Waals surface area contributed by atoms with Crippen LogP contribution in [0.25, 0.3) is 0 Å². The van der Waals surface area contributed by atoms with Gasteiger partial charge in [0.15, 0.2) is 0 Å². The van der Waals surface area contributed by atoms with Crippen molar-refractivity contribution in [1.29, 1.82) is 0 Å². The molecule has 112 valence electrons. The number of hydrogen-bond acceptors (Lipinski definition) is 3. The Kier molecular flexibility index (Phi) is 5.36. The average molecular weight is 326 g/mol. The van der Waals surface area contributed by atoms with Crippen molar-refractivity contribution in [2.24, 2.45) is 0 Å². The van der Waals surface area contributed by atoms with Crippen molar-refractivity contribution in [2.75, 3.05) is 6.54 Å². The molecule has 4 nitrogen and oxygen atoms in total. The maximum absolute atomic E-state index is 12.2. The lowest BCUT2D eigenvalue weighted by Crippen LogP contribution is -2.26. The lowest BCUT2D eigenvalue weighted by Gasteiger charge is -2.09. The molecule has 0 atom stereocenters. The topological polar surface area (TPSA) is 66.4 Å². The Bertz CT molecular complexity index is 702. The predicted octanol–water partition coefficient (Wildman–Crippen LogP) is 2.35. The summed E-state index contributed by atoms with van der Waals surface area (Å²) in [6.07, 6.45) is 0.612. The minimum atomic E-state index is -3.60. The molecular formula is C15H16ClNO3S. The summed E-state index contributed by atoms with van der Waals surface area (Å²) in [4.78, 5) is 0.101. The Morgan fingerprint density at radius 1 is 1.10 bits per heavy atom. The summed E-state index contributed by atoms with van der Waals surface area (Å²) in [6, 6.07) is 13.9. The molecule has 0 radical (unpaired) electrons. The highest BCUT2D eigenvalue weighted by atomic mass is 35.5. The van der Waals surface area contributed by atoms with E-state index in [1.165, 1.54) is 18.2 Å². The summed E-state index contributed by atoms with van der Waals surface area (Å²) < 4.78 is 26.9. The number of aliphatic hydroxyl groups is 1. The quantitative estimate of drug-likeness (QED) is 0.856. The van der Waals surface area contributed by atoms with Crippen LogP contribution < -0.4 is 4.72 Å². The zero-order valence-electron chi connectivity index (χ0n) is 11.3. The van der Waals surface area contributed by atoms with Gasteiger partial charge in [-0.3, -0.25) is 0 Å². The second kappa shape index (κ2) is 7.04. The van der Waals surface area contributed by atoms with Gasteiger partial charge in [-0.2, -0.15) is 0 Å². The van der Waals surface area contributed by atoms with Gasteiger partial charge in [-0.25, -0.2) is 13.1 Å². The Morgan fingerprint density at radius 3 is 2.48 bits per heavy atom. The molecule has 2 aromatic rings. The van der Waals surface area contributed by atoms with Gasteiger partial charge in [-0.05, 0) is 35.7 Å². The van der Waals surface area contributed by atoms with E-state index < -0.39 is 10.0 Å². The van der Waals surface area contributed by atoms with Gasteiger partial charge in [-0.15, -0.1) is 0 Å². The van der Waals surface area contributed by atoms with E-state index in [1.54, 1.807) is 0 Å². The highest BCUT2D eigenvalue weighted by Gasteiger charge is 2.15. The van der Waals surface area contributed by atoms with Gasteiger partial charge in [0, 0.05) is 11.6 Å². The van der Waals surface area contributed by atoms with Gasteiger partial charge >= 0.3 is 0 Å². The number of hydrogen-bond donors (Lipinski definition) is 2. The van der Waals surface area contributed by atoms with E-state index in [0.29, 0.717) is 23.6 Å².